The number of nitrogens with two attached hydrogens (primary N) is 1. The molecule has 1 aromatic rings. The van der Waals surface area contributed by atoms with Gasteiger partial charge in [-0.25, -0.2) is 13.6 Å². The van der Waals surface area contributed by atoms with Gasteiger partial charge in [0.2, 0.25) is 15.9 Å². The highest BCUT2D eigenvalue weighted by Crippen LogP contribution is 2.31. The molecule has 1 amide bonds. The van der Waals surface area contributed by atoms with Gasteiger partial charge in [0.1, 0.15) is 0 Å². The summed E-state index contributed by atoms with van der Waals surface area (Å²) in [6.45, 7) is 4.38. The van der Waals surface area contributed by atoms with Crippen LogP contribution in [0.1, 0.15) is 18.4 Å². The third kappa shape index (κ3) is 4.31. The summed E-state index contributed by atoms with van der Waals surface area (Å²) in [7, 11) is -3.62. The third-order valence-electron chi connectivity index (χ3n) is 4.58. The molecular weight excluding hydrogens is 314 g/mol. The lowest BCUT2D eigenvalue weighted by atomic mass is 10.1. The molecular formula is C16H23N3O3S. The number of hydrogen-bond acceptors (Lipinski definition) is 4. The maximum Gasteiger partial charge on any atom is 0.238 e. The SMILES string of the molecule is NS(=O)(=O)c1ccc(CCN2CCN(C(=O)C3CC3)CC2)cc1. The fourth-order valence-corrected chi connectivity index (χ4v) is 3.43. The van der Waals surface area contributed by atoms with Crippen LogP contribution in [0.4, 0.5) is 0 Å². The lowest BCUT2D eigenvalue weighted by Gasteiger charge is -2.34. The molecule has 0 bridgehead atoms. The lowest BCUT2D eigenvalue weighted by molar-refractivity contribution is -0.134. The Balaban J connectivity index is 1.45. The first-order valence-corrected chi connectivity index (χ1v) is 9.61. The Labute approximate surface area is 137 Å². The molecule has 0 unspecified atom stereocenters. The van der Waals surface area contributed by atoms with E-state index in [0.29, 0.717) is 11.8 Å². The minimum Gasteiger partial charge on any atom is -0.340 e. The van der Waals surface area contributed by atoms with Gasteiger partial charge in [-0.05, 0) is 37.0 Å². The van der Waals surface area contributed by atoms with E-state index in [-0.39, 0.29) is 4.90 Å². The zero-order valence-electron chi connectivity index (χ0n) is 13.1. The quantitative estimate of drug-likeness (QED) is 0.844. The van der Waals surface area contributed by atoms with Crippen molar-refractivity contribution in [3.05, 3.63) is 29.8 Å². The molecule has 7 heteroatoms. The number of sulfonamides is 1. The summed E-state index contributed by atoms with van der Waals surface area (Å²) < 4.78 is 22.4. The Morgan fingerprint density at radius 2 is 1.70 bits per heavy atom. The van der Waals surface area contributed by atoms with Crippen LogP contribution >= 0.6 is 0 Å². The molecule has 2 fully saturated rings. The van der Waals surface area contributed by atoms with Crippen molar-refractivity contribution in [2.45, 2.75) is 24.2 Å². The van der Waals surface area contributed by atoms with Crippen molar-refractivity contribution in [3.8, 4) is 0 Å². The van der Waals surface area contributed by atoms with Crippen molar-refractivity contribution in [1.29, 1.82) is 0 Å². The monoisotopic (exact) mass is 337 g/mol. The standard InChI is InChI=1S/C16H23N3O3S/c17-23(21,22)15-5-1-13(2-6-15)7-8-18-9-11-19(12-10-18)16(20)14-3-4-14/h1-2,5-6,14H,3-4,7-12H2,(H2,17,21,22). The van der Waals surface area contributed by atoms with Gasteiger partial charge in [-0.15, -0.1) is 0 Å². The topological polar surface area (TPSA) is 83.7 Å². The minimum atomic E-state index is -3.62. The molecule has 1 aliphatic heterocycles. The second-order valence-corrected chi connectivity index (χ2v) is 7.94. The molecule has 1 aliphatic carbocycles. The number of primary sulfonamides is 1. The average Bonchev–Trinajstić information content (AvgIpc) is 3.37. The molecule has 0 radical (unpaired) electrons. The van der Waals surface area contributed by atoms with Crippen LogP contribution in [0.15, 0.2) is 29.2 Å². The van der Waals surface area contributed by atoms with E-state index in [1.54, 1.807) is 12.1 Å². The summed E-state index contributed by atoms with van der Waals surface area (Å²) >= 11 is 0. The summed E-state index contributed by atoms with van der Waals surface area (Å²) in [6, 6.07) is 6.73. The van der Waals surface area contributed by atoms with E-state index in [4.69, 9.17) is 5.14 Å². The first-order chi connectivity index (χ1) is 10.9. The summed E-state index contributed by atoms with van der Waals surface area (Å²) in [5.74, 6) is 0.641. The van der Waals surface area contributed by atoms with Crippen LogP contribution in [0.5, 0.6) is 0 Å². The highest BCUT2D eigenvalue weighted by atomic mass is 32.2. The fraction of sp³-hybridized carbons (Fsp3) is 0.562. The van der Waals surface area contributed by atoms with Crippen LogP contribution in [0.3, 0.4) is 0 Å². The van der Waals surface area contributed by atoms with Gasteiger partial charge >= 0.3 is 0 Å². The predicted molar refractivity (Wildman–Crippen MR) is 87.3 cm³/mol. The minimum absolute atomic E-state index is 0.147. The van der Waals surface area contributed by atoms with Gasteiger partial charge in [-0.1, -0.05) is 12.1 Å². The maximum absolute atomic E-state index is 12.0. The number of piperazine rings is 1. The van der Waals surface area contributed by atoms with Crippen LogP contribution in [-0.4, -0.2) is 56.8 Å². The highest BCUT2D eigenvalue weighted by molar-refractivity contribution is 7.89. The molecule has 2 aliphatic rings. The molecule has 0 spiro atoms. The van der Waals surface area contributed by atoms with Crippen LogP contribution in [0, 0.1) is 5.92 Å². The summed E-state index contributed by atoms with van der Waals surface area (Å²) in [5.41, 5.74) is 1.09. The van der Waals surface area contributed by atoms with Crippen molar-refractivity contribution >= 4 is 15.9 Å². The number of amides is 1. The van der Waals surface area contributed by atoms with Crippen LogP contribution < -0.4 is 5.14 Å². The molecule has 1 saturated carbocycles. The van der Waals surface area contributed by atoms with E-state index in [0.717, 1.165) is 57.5 Å². The van der Waals surface area contributed by atoms with E-state index >= 15 is 0 Å². The number of carbonyl (C=O) groups is 1. The molecule has 23 heavy (non-hydrogen) atoms. The molecule has 6 nitrogen and oxygen atoms in total. The fourth-order valence-electron chi connectivity index (χ4n) is 2.91. The highest BCUT2D eigenvalue weighted by Gasteiger charge is 2.34. The zero-order chi connectivity index (χ0) is 16.4. The largest absolute Gasteiger partial charge is 0.340 e. The number of nitrogens with zero attached hydrogens (tertiary/aromatic N) is 2. The molecule has 1 aromatic carbocycles. The molecule has 0 atom stereocenters. The van der Waals surface area contributed by atoms with Gasteiger partial charge in [0.15, 0.2) is 0 Å². The van der Waals surface area contributed by atoms with E-state index in [1.807, 2.05) is 17.0 Å². The maximum atomic E-state index is 12.0. The van der Waals surface area contributed by atoms with Crippen molar-refractivity contribution in [3.63, 3.8) is 0 Å². The van der Waals surface area contributed by atoms with Gasteiger partial charge in [0.25, 0.3) is 0 Å². The number of benzene rings is 1. The van der Waals surface area contributed by atoms with Crippen molar-refractivity contribution in [2.75, 3.05) is 32.7 Å². The zero-order valence-corrected chi connectivity index (χ0v) is 14.0. The number of hydrogen-bond donors (Lipinski definition) is 1. The third-order valence-corrected chi connectivity index (χ3v) is 5.51. The Morgan fingerprint density at radius 1 is 1.09 bits per heavy atom. The van der Waals surface area contributed by atoms with Gasteiger partial charge in [0, 0.05) is 38.6 Å². The van der Waals surface area contributed by atoms with Gasteiger partial charge in [0.05, 0.1) is 4.90 Å². The van der Waals surface area contributed by atoms with Gasteiger partial charge in [-0.3, -0.25) is 9.69 Å². The molecule has 1 heterocycles. The smallest absolute Gasteiger partial charge is 0.238 e. The molecule has 1 saturated heterocycles. The Kier molecular flexibility index (Phi) is 4.70. The van der Waals surface area contributed by atoms with E-state index in [1.165, 1.54) is 0 Å². The molecule has 0 aromatic heterocycles. The molecule has 126 valence electrons. The second-order valence-electron chi connectivity index (χ2n) is 6.38. The van der Waals surface area contributed by atoms with E-state index < -0.39 is 10.0 Å². The van der Waals surface area contributed by atoms with Crippen LogP contribution in [-0.2, 0) is 21.2 Å². The molecule has 3 rings (SSSR count). The number of carbonyl (C=O) groups excluding carboxylic acids is 1. The average molecular weight is 337 g/mol. The summed E-state index contributed by atoms with van der Waals surface area (Å²) in [5, 5.41) is 5.09. The van der Waals surface area contributed by atoms with Crippen LogP contribution in [0.2, 0.25) is 0 Å². The van der Waals surface area contributed by atoms with Crippen molar-refractivity contribution in [1.82, 2.24) is 9.80 Å². The van der Waals surface area contributed by atoms with E-state index in [2.05, 4.69) is 4.90 Å². The first kappa shape index (κ1) is 16.4. The van der Waals surface area contributed by atoms with E-state index in [9.17, 15) is 13.2 Å². The lowest BCUT2D eigenvalue weighted by Crippen LogP contribution is -2.49. The normalized spacial score (nSPS) is 19.8. The summed E-state index contributed by atoms with van der Waals surface area (Å²) in [6.07, 6.45) is 2.99. The Bertz CT molecular complexity index is 660. The van der Waals surface area contributed by atoms with Crippen LogP contribution in [0.25, 0.3) is 0 Å². The van der Waals surface area contributed by atoms with Crippen molar-refractivity contribution < 1.29 is 13.2 Å². The Morgan fingerprint density at radius 3 is 2.22 bits per heavy atom. The van der Waals surface area contributed by atoms with Gasteiger partial charge in [-0.2, -0.15) is 0 Å². The number of rotatable bonds is 5. The second kappa shape index (κ2) is 6.59. The molecule has 2 N–H and O–H groups in total. The first-order valence-electron chi connectivity index (χ1n) is 8.06. The van der Waals surface area contributed by atoms with Gasteiger partial charge < -0.3 is 4.90 Å². The van der Waals surface area contributed by atoms with Crippen molar-refractivity contribution in [2.24, 2.45) is 11.1 Å². The summed E-state index contributed by atoms with van der Waals surface area (Å²) in [4.78, 5) is 16.5. The Hall–Kier alpha value is -1.44. The predicted octanol–water partition coefficient (Wildman–Crippen LogP) is 0.431.